The number of nitrogens with zero attached hydrogens (tertiary/aromatic N) is 3. The van der Waals surface area contributed by atoms with Gasteiger partial charge in [0, 0.05) is 35.3 Å². The highest BCUT2D eigenvalue weighted by molar-refractivity contribution is 6.29. The first-order chi connectivity index (χ1) is 16.2. The summed E-state index contributed by atoms with van der Waals surface area (Å²) in [6.07, 6.45) is 1.95. The van der Waals surface area contributed by atoms with Crippen molar-refractivity contribution >= 4 is 39.2 Å². The highest BCUT2D eigenvalue weighted by Crippen LogP contribution is 2.33. The minimum absolute atomic E-state index is 0.0241. The normalized spacial score (nSPS) is 12.4. The molecule has 0 radical (unpaired) electrons. The van der Waals surface area contributed by atoms with Crippen LogP contribution in [0, 0.1) is 20.8 Å². The Morgan fingerprint density at radius 2 is 1.88 bits per heavy atom. The largest absolute Gasteiger partial charge is 0.455 e. The van der Waals surface area contributed by atoms with Gasteiger partial charge in [-0.15, -0.1) is 0 Å². The Morgan fingerprint density at radius 1 is 1.09 bits per heavy atom. The van der Waals surface area contributed by atoms with E-state index >= 15 is 0 Å². The molecule has 6 nitrogen and oxygen atoms in total. The summed E-state index contributed by atoms with van der Waals surface area (Å²) < 4.78 is 8.28. The van der Waals surface area contributed by atoms with Crippen LogP contribution >= 0.6 is 11.6 Å². The van der Waals surface area contributed by atoms with Crippen LogP contribution in [-0.2, 0) is 7.05 Å². The van der Waals surface area contributed by atoms with Gasteiger partial charge in [-0.2, -0.15) is 5.10 Å². The van der Waals surface area contributed by atoms with E-state index in [1.54, 1.807) is 10.7 Å². The quantitative estimate of drug-likeness (QED) is 0.302. The van der Waals surface area contributed by atoms with Gasteiger partial charge in [-0.3, -0.25) is 9.48 Å². The number of aryl methyl sites for hydroxylation is 3. The molecule has 0 aliphatic heterocycles. The average Bonchev–Trinajstić information content (AvgIpc) is 3.17. The number of fused-ring (bicyclic) bond motifs is 2. The lowest BCUT2D eigenvalue weighted by Gasteiger charge is -2.19. The second-order valence-corrected chi connectivity index (χ2v) is 9.21. The number of hydrogen-bond acceptors (Lipinski definition) is 5. The van der Waals surface area contributed by atoms with Gasteiger partial charge in [0.25, 0.3) is 0 Å². The fourth-order valence-corrected chi connectivity index (χ4v) is 4.64. The maximum absolute atomic E-state index is 13.4. The fraction of sp³-hybridized carbons (Fsp3) is 0.222. The monoisotopic (exact) mass is 472 g/mol. The molecule has 5 rings (SSSR count). The van der Waals surface area contributed by atoms with Crippen LogP contribution in [0.2, 0.25) is 5.15 Å². The number of pyridine rings is 1. The Kier molecular flexibility index (Phi) is 5.41. The zero-order chi connectivity index (χ0) is 24.1. The van der Waals surface area contributed by atoms with Crippen molar-refractivity contribution < 1.29 is 4.42 Å². The number of nitrogens with one attached hydrogen (secondary N) is 1. The maximum Gasteiger partial charge on any atom is 0.196 e. The van der Waals surface area contributed by atoms with E-state index in [1.807, 2.05) is 71.3 Å². The molecule has 0 aliphatic rings. The zero-order valence-electron chi connectivity index (χ0n) is 19.7. The summed E-state index contributed by atoms with van der Waals surface area (Å²) in [7, 11) is 1.89. The molecule has 2 aromatic carbocycles. The molecule has 0 fully saturated rings. The molecule has 0 bridgehead atoms. The van der Waals surface area contributed by atoms with E-state index in [-0.39, 0.29) is 11.5 Å². The molecular weight excluding hydrogens is 448 g/mol. The third-order valence-corrected chi connectivity index (χ3v) is 6.37. The van der Waals surface area contributed by atoms with Crippen molar-refractivity contribution in [2.75, 3.05) is 5.32 Å². The summed E-state index contributed by atoms with van der Waals surface area (Å²) in [5.74, 6) is 0.574. The molecule has 0 saturated carbocycles. The third-order valence-electron chi connectivity index (χ3n) is 6.16. The van der Waals surface area contributed by atoms with Crippen LogP contribution in [0.1, 0.15) is 35.3 Å². The predicted molar refractivity (Wildman–Crippen MR) is 138 cm³/mol. The molecular formula is C27H25ClN4O2. The number of aromatic nitrogens is 3. The van der Waals surface area contributed by atoms with Gasteiger partial charge in [0.05, 0.1) is 28.3 Å². The van der Waals surface area contributed by atoms with Crippen LogP contribution in [0.3, 0.4) is 0 Å². The molecule has 0 amide bonds. The van der Waals surface area contributed by atoms with Crippen LogP contribution in [0.4, 0.5) is 5.69 Å². The van der Waals surface area contributed by atoms with E-state index in [0.717, 1.165) is 39.0 Å². The van der Waals surface area contributed by atoms with E-state index in [9.17, 15) is 4.79 Å². The molecule has 0 spiro atoms. The summed E-state index contributed by atoms with van der Waals surface area (Å²) in [4.78, 5) is 17.8. The van der Waals surface area contributed by atoms with Crippen molar-refractivity contribution in [3.63, 3.8) is 0 Å². The summed E-state index contributed by atoms with van der Waals surface area (Å²) in [6, 6.07) is 13.4. The minimum Gasteiger partial charge on any atom is -0.455 e. The van der Waals surface area contributed by atoms with E-state index in [4.69, 9.17) is 16.0 Å². The summed E-state index contributed by atoms with van der Waals surface area (Å²) >= 11 is 6.02. The lowest BCUT2D eigenvalue weighted by atomic mass is 9.98. The molecule has 1 N–H and O–H groups in total. The topological polar surface area (TPSA) is 73.0 Å². The lowest BCUT2D eigenvalue weighted by Crippen LogP contribution is -2.13. The smallest absolute Gasteiger partial charge is 0.196 e. The number of hydrogen-bond donors (Lipinski definition) is 1. The summed E-state index contributed by atoms with van der Waals surface area (Å²) in [5.41, 5.74) is 6.48. The van der Waals surface area contributed by atoms with Gasteiger partial charge in [0.2, 0.25) is 0 Å². The van der Waals surface area contributed by atoms with Gasteiger partial charge < -0.3 is 9.73 Å². The molecule has 3 aromatic heterocycles. The van der Waals surface area contributed by atoms with Crippen molar-refractivity contribution in [2.45, 2.75) is 33.7 Å². The SMILES string of the molecule is Cc1cc([C@@H](C)Nc2ccc(Cl)nc2C)c2oc(-c3ccc4nn(C)cc4c3)c(C)c(=O)c2c1. The molecule has 1 atom stereocenters. The van der Waals surface area contributed by atoms with Crippen LogP contribution < -0.4 is 10.7 Å². The first-order valence-corrected chi connectivity index (χ1v) is 11.5. The fourth-order valence-electron chi connectivity index (χ4n) is 4.45. The first kappa shape index (κ1) is 22.2. The molecule has 34 heavy (non-hydrogen) atoms. The van der Waals surface area contributed by atoms with Gasteiger partial charge in [-0.05, 0) is 69.7 Å². The van der Waals surface area contributed by atoms with E-state index in [0.29, 0.717) is 27.4 Å². The first-order valence-electron chi connectivity index (χ1n) is 11.1. The third kappa shape index (κ3) is 3.84. The van der Waals surface area contributed by atoms with Crippen LogP contribution in [-0.4, -0.2) is 14.8 Å². The Bertz CT molecular complexity index is 1630. The van der Waals surface area contributed by atoms with Gasteiger partial charge in [-0.25, -0.2) is 4.98 Å². The minimum atomic E-state index is -0.136. The van der Waals surface area contributed by atoms with Crippen molar-refractivity contribution in [3.8, 4) is 11.3 Å². The Balaban J connectivity index is 1.67. The van der Waals surface area contributed by atoms with Crippen LogP contribution in [0.5, 0.6) is 0 Å². The average molecular weight is 473 g/mol. The van der Waals surface area contributed by atoms with Crippen molar-refractivity contribution in [1.82, 2.24) is 14.8 Å². The maximum atomic E-state index is 13.4. The molecule has 0 aliphatic carbocycles. The highest BCUT2D eigenvalue weighted by atomic mass is 35.5. The number of rotatable bonds is 4. The molecule has 5 aromatic rings. The Hall–Kier alpha value is -3.64. The van der Waals surface area contributed by atoms with Crippen molar-refractivity contribution in [3.05, 3.63) is 86.4 Å². The second-order valence-electron chi connectivity index (χ2n) is 8.83. The molecule has 7 heteroatoms. The Morgan fingerprint density at radius 3 is 2.65 bits per heavy atom. The van der Waals surface area contributed by atoms with E-state index in [2.05, 4.69) is 21.5 Å². The second kappa shape index (κ2) is 8.29. The van der Waals surface area contributed by atoms with Gasteiger partial charge in [0.15, 0.2) is 5.43 Å². The Labute approximate surface area is 202 Å². The number of benzene rings is 2. The molecule has 0 saturated heterocycles. The molecule has 0 unspecified atom stereocenters. The van der Waals surface area contributed by atoms with Crippen molar-refractivity contribution in [1.29, 1.82) is 0 Å². The predicted octanol–water partition coefficient (Wildman–Crippen LogP) is 6.49. The zero-order valence-corrected chi connectivity index (χ0v) is 20.5. The molecule has 3 heterocycles. The van der Waals surface area contributed by atoms with Gasteiger partial charge >= 0.3 is 0 Å². The standard InChI is InChI=1S/C27H25ClN4O2/c1-14-10-20(16(3)29-22-8-9-24(28)30-17(22)4)27-21(11-14)25(33)15(2)26(34-27)18-6-7-23-19(12-18)13-32(5)31-23/h6-13,16,29H,1-5H3/t16-/m1/s1. The lowest BCUT2D eigenvalue weighted by molar-refractivity contribution is 0.605. The van der Waals surface area contributed by atoms with E-state index < -0.39 is 0 Å². The summed E-state index contributed by atoms with van der Waals surface area (Å²) in [5, 5.41) is 9.97. The van der Waals surface area contributed by atoms with Crippen molar-refractivity contribution in [2.24, 2.45) is 7.05 Å². The van der Waals surface area contributed by atoms with Crippen LogP contribution in [0.25, 0.3) is 33.2 Å². The van der Waals surface area contributed by atoms with Crippen LogP contribution in [0.15, 0.2) is 57.9 Å². The number of halogens is 1. The van der Waals surface area contributed by atoms with E-state index in [1.165, 1.54) is 0 Å². The number of anilines is 1. The van der Waals surface area contributed by atoms with Gasteiger partial charge in [-0.1, -0.05) is 17.7 Å². The molecule has 172 valence electrons. The van der Waals surface area contributed by atoms with Gasteiger partial charge in [0.1, 0.15) is 16.5 Å². The summed E-state index contributed by atoms with van der Waals surface area (Å²) in [6.45, 7) is 7.76. The highest BCUT2D eigenvalue weighted by Gasteiger charge is 2.20.